The Kier molecular flexibility index (Phi) is 5.39. The lowest BCUT2D eigenvalue weighted by atomic mass is 9.75. The van der Waals surface area contributed by atoms with Gasteiger partial charge in [-0.1, -0.05) is 12.1 Å². The molecule has 1 heterocycles. The van der Waals surface area contributed by atoms with Gasteiger partial charge in [-0.2, -0.15) is 0 Å². The van der Waals surface area contributed by atoms with Gasteiger partial charge in [0.2, 0.25) is 0 Å². The number of carbonyl (C=O) groups excluding carboxylic acids is 2. The van der Waals surface area contributed by atoms with Crippen LogP contribution in [0.1, 0.15) is 25.3 Å². The number of hydrogen-bond donors (Lipinski definition) is 0. The van der Waals surface area contributed by atoms with Crippen LogP contribution in [0.15, 0.2) is 40.5 Å². The first-order valence-corrected chi connectivity index (χ1v) is 7.50. The molecule has 6 heteroatoms. The Labute approximate surface area is 141 Å². The Bertz CT molecular complexity index is 720. The molecule has 1 aliphatic heterocycles. The molecule has 2 rings (SSSR count). The minimum absolute atomic E-state index is 0.353. The molecule has 1 unspecified atom stereocenters. The summed E-state index contributed by atoms with van der Waals surface area (Å²) in [5.41, 5.74) is 2.25. The molecule has 1 aliphatic rings. The van der Waals surface area contributed by atoms with Crippen LogP contribution in [0.25, 0.3) is 0 Å². The summed E-state index contributed by atoms with van der Waals surface area (Å²) in [5, 5.41) is 0. The van der Waals surface area contributed by atoms with E-state index in [9.17, 15) is 9.59 Å². The number of rotatable bonds is 4. The van der Waals surface area contributed by atoms with E-state index in [0.717, 1.165) is 5.56 Å². The number of carbonyl (C=O) groups is 2. The van der Waals surface area contributed by atoms with Gasteiger partial charge in [0, 0.05) is 17.3 Å². The third kappa shape index (κ3) is 3.18. The van der Waals surface area contributed by atoms with Crippen molar-refractivity contribution in [1.82, 2.24) is 0 Å². The molecule has 0 aliphatic carbocycles. The Balaban J connectivity index is 2.67. The lowest BCUT2D eigenvalue weighted by Gasteiger charge is -2.31. The van der Waals surface area contributed by atoms with Gasteiger partial charge in [-0.15, -0.1) is 0 Å². The first-order valence-electron chi connectivity index (χ1n) is 7.50. The highest BCUT2D eigenvalue weighted by Crippen LogP contribution is 2.40. The number of methoxy groups -OCH3 is 3. The molecule has 0 fully saturated rings. The maximum atomic E-state index is 12.4. The third-order valence-corrected chi connectivity index (χ3v) is 4.14. The summed E-state index contributed by atoms with van der Waals surface area (Å²) in [6, 6.07) is 7.26. The van der Waals surface area contributed by atoms with E-state index in [2.05, 4.69) is 4.99 Å². The van der Waals surface area contributed by atoms with E-state index in [-0.39, 0.29) is 0 Å². The van der Waals surface area contributed by atoms with E-state index in [4.69, 9.17) is 14.2 Å². The minimum Gasteiger partial charge on any atom is -0.497 e. The first-order chi connectivity index (χ1) is 11.4. The average Bonchev–Trinajstić information content (AvgIpc) is 2.59. The van der Waals surface area contributed by atoms with Gasteiger partial charge in [-0.3, -0.25) is 9.79 Å². The topological polar surface area (TPSA) is 74.2 Å². The van der Waals surface area contributed by atoms with Crippen LogP contribution in [-0.2, 0) is 19.1 Å². The fraction of sp³-hybridized carbons (Fsp3) is 0.389. The van der Waals surface area contributed by atoms with Gasteiger partial charge in [0.25, 0.3) is 0 Å². The second kappa shape index (κ2) is 7.29. The van der Waals surface area contributed by atoms with Crippen molar-refractivity contribution in [3.05, 3.63) is 41.1 Å². The summed E-state index contributed by atoms with van der Waals surface area (Å²) in [6.07, 6.45) is 0. The number of hydrogen-bond acceptors (Lipinski definition) is 6. The molecule has 0 spiro atoms. The largest absolute Gasteiger partial charge is 0.497 e. The molecule has 128 valence electrons. The zero-order valence-corrected chi connectivity index (χ0v) is 14.5. The van der Waals surface area contributed by atoms with Crippen molar-refractivity contribution in [2.75, 3.05) is 21.3 Å². The van der Waals surface area contributed by atoms with Gasteiger partial charge in [0.05, 0.1) is 26.9 Å². The molecule has 1 aromatic rings. The van der Waals surface area contributed by atoms with Crippen molar-refractivity contribution in [3.63, 3.8) is 0 Å². The molecule has 0 radical (unpaired) electrons. The molecule has 0 aromatic heterocycles. The quantitative estimate of drug-likeness (QED) is 0.793. The molecule has 1 aromatic carbocycles. The fourth-order valence-corrected chi connectivity index (χ4v) is 3.04. The Hall–Kier alpha value is -2.63. The lowest BCUT2D eigenvalue weighted by Crippen LogP contribution is -2.36. The van der Waals surface area contributed by atoms with E-state index in [1.165, 1.54) is 14.2 Å². The summed E-state index contributed by atoms with van der Waals surface area (Å²) in [6.45, 7) is 3.49. The predicted molar refractivity (Wildman–Crippen MR) is 89.1 cm³/mol. The second-order valence-electron chi connectivity index (χ2n) is 5.50. The van der Waals surface area contributed by atoms with Crippen LogP contribution in [0.3, 0.4) is 0 Å². The second-order valence-corrected chi connectivity index (χ2v) is 5.50. The molecular formula is C18H21NO5. The minimum atomic E-state index is -0.695. The van der Waals surface area contributed by atoms with Crippen LogP contribution in [0, 0.1) is 5.92 Å². The normalized spacial score (nSPS) is 20.3. The van der Waals surface area contributed by atoms with Crippen molar-refractivity contribution in [1.29, 1.82) is 0 Å². The molecular weight excluding hydrogens is 310 g/mol. The summed E-state index contributed by atoms with van der Waals surface area (Å²) < 4.78 is 15.1. The van der Waals surface area contributed by atoms with Crippen molar-refractivity contribution < 1.29 is 23.8 Å². The zero-order valence-electron chi connectivity index (χ0n) is 14.5. The van der Waals surface area contributed by atoms with Crippen LogP contribution < -0.4 is 4.74 Å². The molecule has 2 atom stereocenters. The third-order valence-electron chi connectivity index (χ3n) is 4.14. The van der Waals surface area contributed by atoms with Crippen molar-refractivity contribution in [3.8, 4) is 5.75 Å². The number of nitrogens with zero attached hydrogens (tertiary/aromatic N) is 1. The number of ether oxygens (including phenoxy) is 3. The van der Waals surface area contributed by atoms with Gasteiger partial charge < -0.3 is 14.2 Å². The van der Waals surface area contributed by atoms with E-state index in [1.54, 1.807) is 33.1 Å². The number of allylic oxidation sites excluding steroid dienone is 1. The molecule has 6 nitrogen and oxygen atoms in total. The highest BCUT2D eigenvalue weighted by Gasteiger charge is 2.42. The van der Waals surface area contributed by atoms with Crippen LogP contribution >= 0.6 is 0 Å². The summed E-state index contributed by atoms with van der Waals surface area (Å²) in [4.78, 5) is 29.1. The Morgan fingerprint density at radius 3 is 2.38 bits per heavy atom. The van der Waals surface area contributed by atoms with Gasteiger partial charge in [0.1, 0.15) is 11.7 Å². The van der Waals surface area contributed by atoms with Gasteiger partial charge in [0.15, 0.2) is 0 Å². The molecule has 0 amide bonds. The lowest BCUT2D eigenvalue weighted by molar-refractivity contribution is -0.143. The fourth-order valence-electron chi connectivity index (χ4n) is 3.04. The first kappa shape index (κ1) is 17.7. The molecule has 0 saturated carbocycles. The van der Waals surface area contributed by atoms with Gasteiger partial charge in [-0.25, -0.2) is 4.79 Å². The van der Waals surface area contributed by atoms with Gasteiger partial charge >= 0.3 is 11.9 Å². The highest BCUT2D eigenvalue weighted by atomic mass is 16.5. The van der Waals surface area contributed by atoms with Gasteiger partial charge in [-0.05, 0) is 31.5 Å². The van der Waals surface area contributed by atoms with Crippen molar-refractivity contribution in [2.24, 2.45) is 10.9 Å². The van der Waals surface area contributed by atoms with Crippen LogP contribution in [0.4, 0.5) is 0 Å². The number of aliphatic imine (C=N–C) groups is 1. The van der Waals surface area contributed by atoms with Crippen LogP contribution in [0.2, 0.25) is 0 Å². The molecule has 24 heavy (non-hydrogen) atoms. The smallest absolute Gasteiger partial charge is 0.336 e. The monoisotopic (exact) mass is 331 g/mol. The average molecular weight is 331 g/mol. The summed E-state index contributed by atoms with van der Waals surface area (Å²) in [7, 11) is 4.19. The Morgan fingerprint density at radius 2 is 1.79 bits per heavy atom. The van der Waals surface area contributed by atoms with Crippen LogP contribution in [0.5, 0.6) is 5.75 Å². The molecule has 0 saturated heterocycles. The van der Waals surface area contributed by atoms with Crippen LogP contribution in [-0.4, -0.2) is 39.0 Å². The summed E-state index contributed by atoms with van der Waals surface area (Å²) >= 11 is 0. The zero-order chi connectivity index (χ0) is 17.9. The SMILES string of the molecule is COC(=O)C1=C(C)N=C(C)C(C(=O)OC)[C@@H]1c1cccc(OC)c1. The number of benzene rings is 1. The van der Waals surface area contributed by atoms with Crippen molar-refractivity contribution in [2.45, 2.75) is 19.8 Å². The standard InChI is InChI=1S/C18H21NO5/c1-10-14(17(20)23-4)16(12-7-6-8-13(9-12)22-3)15(11(2)19-10)18(21)24-5/h6-9,14,16H,1-5H3/t14?,16-/m0/s1. The maximum Gasteiger partial charge on any atom is 0.336 e. The van der Waals surface area contributed by atoms with E-state index in [1.807, 2.05) is 12.1 Å². The summed E-state index contributed by atoms with van der Waals surface area (Å²) in [5.74, 6) is -1.56. The molecule has 0 bridgehead atoms. The highest BCUT2D eigenvalue weighted by molar-refractivity contribution is 6.06. The molecule has 0 N–H and O–H groups in total. The predicted octanol–water partition coefficient (Wildman–Crippen LogP) is 2.49. The van der Waals surface area contributed by atoms with E-state index in [0.29, 0.717) is 22.7 Å². The van der Waals surface area contributed by atoms with Crippen molar-refractivity contribution >= 4 is 17.7 Å². The Morgan fingerprint density at radius 1 is 1.08 bits per heavy atom. The van der Waals surface area contributed by atoms with E-state index < -0.39 is 23.8 Å². The van der Waals surface area contributed by atoms with E-state index >= 15 is 0 Å². The maximum absolute atomic E-state index is 12.4. The number of esters is 2.